The maximum atomic E-state index is 13.6. The Hall–Kier alpha value is -3.17. The molecule has 10 heteroatoms. The number of hydrogen-bond donors (Lipinski definition) is 0. The van der Waals surface area contributed by atoms with Crippen molar-refractivity contribution in [2.24, 2.45) is 11.3 Å². The van der Waals surface area contributed by atoms with Gasteiger partial charge >= 0.3 is 6.09 Å². The monoisotopic (exact) mass is 557 g/mol. The average molecular weight is 558 g/mol. The number of likely N-dealkylation sites (N-methyl/N-ethyl adjacent to an activating group) is 1. The molecule has 2 aromatic carbocycles. The lowest BCUT2D eigenvalue weighted by atomic mass is 9.85. The quantitative estimate of drug-likeness (QED) is 0.551. The van der Waals surface area contributed by atoms with Gasteiger partial charge in [-0.15, -0.1) is 0 Å². The second kappa shape index (κ2) is 11.1. The molecule has 0 saturated carbocycles. The van der Waals surface area contributed by atoms with Gasteiger partial charge in [0.15, 0.2) is 0 Å². The number of carbonyl (C=O) groups excluding carboxylic acids is 3. The third kappa shape index (κ3) is 5.75. The zero-order chi connectivity index (χ0) is 27.7. The Kier molecular flexibility index (Phi) is 7.82. The van der Waals surface area contributed by atoms with Gasteiger partial charge in [0.25, 0.3) is 0 Å². The fourth-order valence-corrected chi connectivity index (χ4v) is 5.83. The smallest absolute Gasteiger partial charge is 0.410 e. The van der Waals surface area contributed by atoms with Crippen molar-refractivity contribution >= 4 is 29.5 Å². The lowest BCUT2D eigenvalue weighted by Crippen LogP contribution is -2.55. The summed E-state index contributed by atoms with van der Waals surface area (Å²) in [6.07, 6.45) is 0.633. The first kappa shape index (κ1) is 27.4. The molecule has 3 fully saturated rings. The maximum Gasteiger partial charge on any atom is 0.415 e. The Bertz CT molecular complexity index is 1210. The van der Waals surface area contributed by atoms with Gasteiger partial charge in [-0.3, -0.25) is 9.59 Å². The predicted molar refractivity (Wildman–Crippen MR) is 143 cm³/mol. The van der Waals surface area contributed by atoms with Crippen LogP contribution in [-0.2, 0) is 14.3 Å². The van der Waals surface area contributed by atoms with Crippen molar-refractivity contribution in [1.82, 2.24) is 14.7 Å². The van der Waals surface area contributed by atoms with E-state index in [0.29, 0.717) is 57.3 Å². The van der Waals surface area contributed by atoms with Crippen LogP contribution in [0.5, 0.6) is 5.75 Å². The summed E-state index contributed by atoms with van der Waals surface area (Å²) in [6.45, 7) is 4.73. The van der Waals surface area contributed by atoms with E-state index in [1.54, 1.807) is 19.2 Å². The number of ether oxygens (including phenoxy) is 2. The van der Waals surface area contributed by atoms with Crippen molar-refractivity contribution in [3.8, 4) is 5.75 Å². The molecule has 8 nitrogen and oxygen atoms in total. The molecule has 3 aliphatic heterocycles. The molecule has 208 valence electrons. The molecule has 0 N–H and O–H groups in total. The Morgan fingerprint density at radius 1 is 1.00 bits per heavy atom. The predicted octanol–water partition coefficient (Wildman–Crippen LogP) is 4.18. The van der Waals surface area contributed by atoms with Gasteiger partial charge in [0.05, 0.1) is 24.7 Å². The number of likely N-dealkylation sites (tertiary alicyclic amines) is 2. The number of halogens is 2. The topological polar surface area (TPSA) is 79.4 Å². The minimum Gasteiger partial charge on any atom is -0.410 e. The summed E-state index contributed by atoms with van der Waals surface area (Å²) in [5.41, 5.74) is 0.523. The molecule has 3 amide bonds. The van der Waals surface area contributed by atoms with Gasteiger partial charge in [0.1, 0.15) is 11.6 Å². The van der Waals surface area contributed by atoms with Crippen LogP contribution in [0.15, 0.2) is 48.5 Å². The van der Waals surface area contributed by atoms with Gasteiger partial charge in [-0.2, -0.15) is 0 Å². The largest absolute Gasteiger partial charge is 0.415 e. The van der Waals surface area contributed by atoms with Crippen molar-refractivity contribution < 1.29 is 28.2 Å². The SMILES string of the molecule is CN(C(=O)Oc1ccc(F)cc1)C1CN(C(=O)C2CCN(C(=O)C3(C)COC3)CC2)CC1c1ccc(Cl)cc1. The first-order valence-electron chi connectivity index (χ1n) is 13.3. The lowest BCUT2D eigenvalue weighted by molar-refractivity contribution is -0.170. The van der Waals surface area contributed by atoms with E-state index in [9.17, 15) is 18.8 Å². The minimum atomic E-state index is -0.583. The number of benzene rings is 2. The van der Waals surface area contributed by atoms with Gasteiger partial charge in [0.2, 0.25) is 11.8 Å². The number of carbonyl (C=O) groups is 3. The molecule has 0 aliphatic carbocycles. The zero-order valence-corrected chi connectivity index (χ0v) is 22.9. The first-order valence-corrected chi connectivity index (χ1v) is 13.6. The lowest BCUT2D eigenvalue weighted by Gasteiger charge is -2.42. The molecule has 2 aromatic rings. The van der Waals surface area contributed by atoms with Gasteiger partial charge < -0.3 is 24.2 Å². The molecule has 0 aromatic heterocycles. The molecule has 5 rings (SSSR count). The molecular formula is C29H33ClFN3O5. The summed E-state index contributed by atoms with van der Waals surface area (Å²) < 4.78 is 24.0. The number of nitrogens with zero attached hydrogens (tertiary/aromatic N) is 3. The molecule has 0 spiro atoms. The molecule has 39 heavy (non-hydrogen) atoms. The normalized spacial score (nSPS) is 22.8. The Morgan fingerprint density at radius 2 is 1.64 bits per heavy atom. The summed E-state index contributed by atoms with van der Waals surface area (Å²) >= 11 is 6.11. The first-order chi connectivity index (χ1) is 18.6. The van der Waals surface area contributed by atoms with Crippen molar-refractivity contribution in [2.45, 2.75) is 31.7 Å². The Balaban J connectivity index is 1.27. The van der Waals surface area contributed by atoms with Crippen LogP contribution in [0.4, 0.5) is 9.18 Å². The molecule has 2 unspecified atom stereocenters. The molecule has 3 saturated heterocycles. The van der Waals surface area contributed by atoms with Crippen molar-refractivity contribution in [1.29, 1.82) is 0 Å². The molecule has 2 atom stereocenters. The van der Waals surface area contributed by atoms with E-state index >= 15 is 0 Å². The summed E-state index contributed by atoms with van der Waals surface area (Å²) in [5, 5.41) is 0.605. The van der Waals surface area contributed by atoms with Gasteiger partial charge in [-0.05, 0) is 61.7 Å². The minimum absolute atomic E-state index is 0.0436. The second-order valence-electron chi connectivity index (χ2n) is 11.0. The Morgan fingerprint density at radius 3 is 2.23 bits per heavy atom. The highest BCUT2D eigenvalue weighted by Crippen LogP contribution is 2.35. The fourth-order valence-electron chi connectivity index (χ4n) is 5.71. The van der Waals surface area contributed by atoms with Crippen LogP contribution in [0.3, 0.4) is 0 Å². The second-order valence-corrected chi connectivity index (χ2v) is 11.5. The van der Waals surface area contributed by atoms with E-state index in [0.717, 1.165) is 5.56 Å². The summed E-state index contributed by atoms with van der Waals surface area (Å²) in [7, 11) is 1.66. The highest BCUT2D eigenvalue weighted by molar-refractivity contribution is 6.30. The highest BCUT2D eigenvalue weighted by atomic mass is 35.5. The fraction of sp³-hybridized carbons (Fsp3) is 0.483. The number of amides is 3. The third-order valence-electron chi connectivity index (χ3n) is 8.19. The zero-order valence-electron chi connectivity index (χ0n) is 22.1. The van der Waals surface area contributed by atoms with Crippen LogP contribution in [0.25, 0.3) is 0 Å². The van der Waals surface area contributed by atoms with E-state index in [1.165, 1.54) is 29.2 Å². The molecule has 0 radical (unpaired) electrons. The molecule has 0 bridgehead atoms. The molecule has 3 heterocycles. The van der Waals surface area contributed by atoms with E-state index in [2.05, 4.69) is 0 Å². The Labute approximate surface area is 232 Å². The van der Waals surface area contributed by atoms with Crippen LogP contribution in [0, 0.1) is 17.2 Å². The number of hydrogen-bond acceptors (Lipinski definition) is 5. The van der Waals surface area contributed by atoms with Gasteiger partial charge in [0, 0.05) is 50.1 Å². The summed E-state index contributed by atoms with van der Waals surface area (Å²) in [4.78, 5) is 44.7. The van der Waals surface area contributed by atoms with E-state index < -0.39 is 17.3 Å². The van der Waals surface area contributed by atoms with Crippen molar-refractivity contribution in [3.63, 3.8) is 0 Å². The van der Waals surface area contributed by atoms with Crippen LogP contribution >= 0.6 is 11.6 Å². The van der Waals surface area contributed by atoms with E-state index in [-0.39, 0.29) is 35.4 Å². The van der Waals surface area contributed by atoms with Crippen LogP contribution in [-0.4, -0.2) is 85.1 Å². The highest BCUT2D eigenvalue weighted by Gasteiger charge is 2.46. The number of rotatable bonds is 5. The van der Waals surface area contributed by atoms with Gasteiger partial charge in [-0.25, -0.2) is 9.18 Å². The third-order valence-corrected chi connectivity index (χ3v) is 8.44. The standard InChI is InChI=1S/C29H33ClFN3O5/c1-29(17-38-18-29)27(36)33-13-11-20(12-14-33)26(35)34-15-24(19-3-5-21(30)6-4-19)25(16-34)32(2)28(37)39-23-9-7-22(31)8-10-23/h3-10,20,24-25H,11-18H2,1-2H3. The molecule has 3 aliphatic rings. The number of piperidine rings is 1. The van der Waals surface area contributed by atoms with Crippen LogP contribution in [0.1, 0.15) is 31.2 Å². The van der Waals surface area contributed by atoms with Crippen molar-refractivity contribution in [2.75, 3.05) is 46.4 Å². The van der Waals surface area contributed by atoms with E-state index in [4.69, 9.17) is 21.1 Å². The maximum absolute atomic E-state index is 13.6. The van der Waals surface area contributed by atoms with Crippen LogP contribution < -0.4 is 4.74 Å². The van der Waals surface area contributed by atoms with Gasteiger partial charge in [-0.1, -0.05) is 23.7 Å². The summed E-state index contributed by atoms with van der Waals surface area (Å²) in [5.74, 6) is -0.354. The van der Waals surface area contributed by atoms with Crippen LogP contribution in [0.2, 0.25) is 5.02 Å². The van der Waals surface area contributed by atoms with E-state index in [1.807, 2.05) is 28.9 Å². The summed E-state index contributed by atoms with van der Waals surface area (Å²) in [6, 6.07) is 12.4. The average Bonchev–Trinajstić information content (AvgIpc) is 3.37. The van der Waals surface area contributed by atoms with Crippen molar-refractivity contribution in [3.05, 3.63) is 64.9 Å². The molecular weight excluding hydrogens is 525 g/mol.